The summed E-state index contributed by atoms with van der Waals surface area (Å²) in [6, 6.07) is 20.3. The summed E-state index contributed by atoms with van der Waals surface area (Å²) in [6.45, 7) is 9.49. The summed E-state index contributed by atoms with van der Waals surface area (Å²) in [5, 5.41) is 12.3. The molecule has 1 aliphatic heterocycles. The van der Waals surface area contributed by atoms with Crippen LogP contribution in [0, 0.1) is 43.6 Å². The van der Waals surface area contributed by atoms with Gasteiger partial charge in [-0.15, -0.1) is 0 Å². The average Bonchev–Trinajstić information content (AvgIpc) is 3.02. The summed E-state index contributed by atoms with van der Waals surface area (Å²) in [5.41, 5.74) is -1.13. The van der Waals surface area contributed by atoms with Gasteiger partial charge in [0.15, 0.2) is 0 Å². The van der Waals surface area contributed by atoms with Crippen LogP contribution in [0.15, 0.2) is 60.7 Å². The molecular weight excluding hydrogens is 682 g/mol. The van der Waals surface area contributed by atoms with Gasteiger partial charge in [0.2, 0.25) is 0 Å². The van der Waals surface area contributed by atoms with Crippen LogP contribution in [0.3, 0.4) is 0 Å². The molecule has 3 atom stereocenters. The Kier molecular flexibility index (Phi) is 9.62. The molecule has 0 spiro atoms. The van der Waals surface area contributed by atoms with E-state index >= 15 is 0 Å². The number of benzene rings is 2. The summed E-state index contributed by atoms with van der Waals surface area (Å²) < 4.78 is 41.4. The molecule has 1 heterocycles. The Labute approximate surface area is 222 Å². The minimum Gasteiger partial charge on any atom is -0.541 e. The zero-order chi connectivity index (χ0) is 23.6. The summed E-state index contributed by atoms with van der Waals surface area (Å²) in [4.78, 5) is 0. The first kappa shape index (κ1) is 28.7. The van der Waals surface area contributed by atoms with Crippen LogP contribution in [-0.4, -0.2) is 53.0 Å². The van der Waals surface area contributed by atoms with Crippen molar-refractivity contribution in [2.45, 2.75) is 44.4 Å². The van der Waals surface area contributed by atoms with Gasteiger partial charge in [-0.2, -0.15) is 15.0 Å². The Bertz CT molecular complexity index is 957. The molecule has 9 heteroatoms. The molecule has 33 heavy (non-hydrogen) atoms. The molecule has 1 fully saturated rings. The molecule has 0 aromatic heterocycles. The average molecular weight is 716 g/mol. The Morgan fingerprint density at radius 2 is 1.52 bits per heavy atom. The van der Waals surface area contributed by atoms with Gasteiger partial charge in [0.05, 0.1) is 25.1 Å². The van der Waals surface area contributed by atoms with Crippen molar-refractivity contribution in [2.24, 2.45) is 5.92 Å². The van der Waals surface area contributed by atoms with Crippen molar-refractivity contribution in [3.8, 4) is 0 Å². The molecule has 2 aromatic carbocycles. The summed E-state index contributed by atoms with van der Waals surface area (Å²) in [7, 11) is -6.57. The van der Waals surface area contributed by atoms with E-state index < -0.39 is 36.1 Å². The molecule has 2 aromatic rings. The molecule has 1 aliphatic rings. The normalized spacial score (nSPS) is 23.8. The molecule has 180 valence electrons. The van der Waals surface area contributed by atoms with Crippen LogP contribution in [0.25, 0.3) is 0 Å². The fraction of sp³-hybridized carbons (Fsp3) is 0.458. The third-order valence-electron chi connectivity index (χ3n) is 6.25. The van der Waals surface area contributed by atoms with Gasteiger partial charge < -0.3 is 14.3 Å². The minimum atomic E-state index is -3.70. The molecule has 0 aliphatic carbocycles. The van der Waals surface area contributed by atoms with Gasteiger partial charge in [-0.05, 0) is 27.4 Å². The van der Waals surface area contributed by atoms with E-state index in [1.54, 1.807) is 0 Å². The summed E-state index contributed by atoms with van der Waals surface area (Å²) in [6.07, 6.45) is 0.157. The smallest absolute Gasteiger partial charge is 0.264 e. The Hall–Kier alpha value is -0.501. The van der Waals surface area contributed by atoms with E-state index in [1.165, 1.54) is 6.61 Å². The fourth-order valence-electron chi connectivity index (χ4n) is 4.31. The molecule has 0 radical (unpaired) electrons. The van der Waals surface area contributed by atoms with E-state index in [4.69, 9.17) is 13.3 Å². The van der Waals surface area contributed by atoms with Gasteiger partial charge in [0.25, 0.3) is 18.4 Å². The summed E-state index contributed by atoms with van der Waals surface area (Å²) in [5.74, 6) is -0.414. The quantitative estimate of drug-likeness (QED) is 0.257. The van der Waals surface area contributed by atoms with E-state index in [9.17, 15) is 13.5 Å². The van der Waals surface area contributed by atoms with Crippen LogP contribution in [0.1, 0.15) is 27.7 Å². The van der Waals surface area contributed by atoms with E-state index in [-0.39, 0.29) is 49.4 Å². The second-order valence-electron chi connectivity index (χ2n) is 9.52. The van der Waals surface area contributed by atoms with Crippen molar-refractivity contribution in [3.05, 3.63) is 67.3 Å². The molecule has 1 N–H and O–H groups in total. The molecular formula is C24H33O6SSiU-. The van der Waals surface area contributed by atoms with E-state index in [1.807, 2.05) is 43.3 Å². The molecule has 0 bridgehead atoms. The van der Waals surface area contributed by atoms with Crippen LogP contribution in [0.5, 0.6) is 0 Å². The first-order valence-corrected chi connectivity index (χ1v) is 14.4. The second kappa shape index (κ2) is 11.0. The van der Waals surface area contributed by atoms with Crippen molar-refractivity contribution >= 4 is 28.8 Å². The van der Waals surface area contributed by atoms with Crippen molar-refractivity contribution in [1.29, 1.82) is 0 Å². The molecule has 0 saturated carbocycles. The predicted molar refractivity (Wildman–Crippen MR) is 128 cm³/mol. The third-order valence-corrected chi connectivity index (χ3v) is 11.8. The number of ether oxygens (including phenoxy) is 1. The maximum atomic E-state index is 11.7. The monoisotopic (exact) mass is 715 g/mol. The van der Waals surface area contributed by atoms with Crippen molar-refractivity contribution < 1.29 is 58.0 Å². The first-order valence-electron chi connectivity index (χ1n) is 10.7. The zero-order valence-corrected chi connectivity index (χ0v) is 25.8. The Balaban J connectivity index is 0.00000385. The van der Waals surface area contributed by atoms with Gasteiger partial charge in [0.1, 0.15) is 0 Å². The SMILES string of the molecule is C[C@H]1[C@H](O)[CH-]O[C@@]1(CO[Si](c1ccccc1)(c1ccccc1)C(C)(C)C)COS(C)(=O)=O.[U]. The van der Waals surface area contributed by atoms with E-state index in [2.05, 4.69) is 45.0 Å². The van der Waals surface area contributed by atoms with Crippen LogP contribution in [-0.2, 0) is 23.5 Å². The fourth-order valence-corrected chi connectivity index (χ4v) is 9.34. The van der Waals surface area contributed by atoms with Crippen molar-refractivity contribution in [1.82, 2.24) is 0 Å². The number of rotatable bonds is 8. The minimum absolute atomic E-state index is 0. The van der Waals surface area contributed by atoms with Crippen LogP contribution >= 0.6 is 0 Å². The topological polar surface area (TPSA) is 82.1 Å². The van der Waals surface area contributed by atoms with Gasteiger partial charge in [-0.1, -0.05) is 88.4 Å². The van der Waals surface area contributed by atoms with Crippen molar-refractivity contribution in [3.63, 3.8) is 0 Å². The molecule has 0 amide bonds. The largest absolute Gasteiger partial charge is 0.541 e. The first-order chi connectivity index (χ1) is 14.9. The third kappa shape index (κ3) is 6.20. The Morgan fingerprint density at radius 3 is 1.88 bits per heavy atom. The van der Waals surface area contributed by atoms with E-state index in [0.717, 1.165) is 16.6 Å². The number of aliphatic hydroxyl groups excluding tert-OH is 1. The van der Waals surface area contributed by atoms with Crippen LogP contribution in [0.2, 0.25) is 5.04 Å². The van der Waals surface area contributed by atoms with Gasteiger partial charge in [-0.25, -0.2) is 0 Å². The van der Waals surface area contributed by atoms with Gasteiger partial charge in [0, 0.05) is 31.1 Å². The number of aliphatic hydroxyl groups is 1. The molecule has 6 nitrogen and oxygen atoms in total. The van der Waals surface area contributed by atoms with Gasteiger partial charge >= 0.3 is 0 Å². The maximum absolute atomic E-state index is 11.7. The molecule has 3 rings (SSSR count). The van der Waals surface area contributed by atoms with Gasteiger partial charge in [-0.3, -0.25) is 4.18 Å². The zero-order valence-electron chi connectivity index (χ0n) is 19.8. The van der Waals surface area contributed by atoms with Crippen LogP contribution in [0.4, 0.5) is 0 Å². The maximum Gasteiger partial charge on any atom is 0.264 e. The Morgan fingerprint density at radius 1 is 1.03 bits per heavy atom. The second-order valence-corrected chi connectivity index (χ2v) is 15.5. The number of hydrogen-bond acceptors (Lipinski definition) is 6. The van der Waals surface area contributed by atoms with Crippen molar-refractivity contribution in [2.75, 3.05) is 19.5 Å². The predicted octanol–water partition coefficient (Wildman–Crippen LogP) is 2.47. The molecule has 1 saturated heterocycles. The molecule has 0 unspecified atom stereocenters. The summed E-state index contributed by atoms with van der Waals surface area (Å²) >= 11 is 0. The van der Waals surface area contributed by atoms with Crippen LogP contribution < -0.4 is 10.4 Å². The van der Waals surface area contributed by atoms with E-state index in [0.29, 0.717) is 0 Å². The number of hydrogen-bond donors (Lipinski definition) is 1. The standard InChI is InChI=1S/C24H33O6SSi.U/c1-19-22(25)16-28-24(19,17-29-31(5,26)27)18-30-32(23(2,3)4,20-12-8-6-9-13-20)21-14-10-7-11-15-21;/h6-16,19,22,25H,17-18H2,1-5H3;/q-1;/t19-,22+,24+;/m0./s1.